The lowest BCUT2D eigenvalue weighted by molar-refractivity contribution is -0.151. The largest absolute Gasteiger partial charge is 0.444 e. The Hall–Kier alpha value is -3.26. The SMILES string of the molecule is CC(C)[C@@H](NC(=O)OC(C)(C)C)C(=O)OCn1c(=O)c(F)cn([C@H]2C[C@H](OCc3ccc(Cl)cc3)[C@@H](CO)O2)c1=O. The minimum Gasteiger partial charge on any atom is -0.444 e. The molecule has 0 aliphatic carbocycles. The zero-order chi connectivity index (χ0) is 30.5. The number of aromatic nitrogens is 2. The molecule has 1 aliphatic heterocycles. The maximum atomic E-state index is 14.6. The minimum atomic E-state index is -1.31. The molecule has 41 heavy (non-hydrogen) atoms. The first-order chi connectivity index (χ1) is 19.2. The number of carbonyl (C=O) groups excluding carboxylic acids is 2. The maximum Gasteiger partial charge on any atom is 0.408 e. The standard InChI is InChI=1S/C27H35ClFN3O9/c1-15(2)22(30-25(36)41-27(3,4)5)24(35)39-14-32-23(34)18(29)11-31(26(32)37)21-10-19(20(12-33)40-21)38-13-16-6-8-17(28)9-7-16/h6-9,11,15,19-22,33H,10,12-14H2,1-5H3,(H,30,36)/t19-,20+,21+,22+/m0/s1. The molecule has 1 aliphatic rings. The van der Waals surface area contributed by atoms with E-state index in [1.54, 1.807) is 58.9 Å². The molecule has 0 bridgehead atoms. The number of alkyl carbamates (subject to hydrolysis) is 1. The molecule has 1 amide bonds. The summed E-state index contributed by atoms with van der Waals surface area (Å²) >= 11 is 5.90. The van der Waals surface area contributed by atoms with Gasteiger partial charge >= 0.3 is 17.8 Å². The molecule has 1 saturated heterocycles. The number of amides is 1. The van der Waals surface area contributed by atoms with Crippen molar-refractivity contribution in [1.29, 1.82) is 0 Å². The Labute approximate surface area is 240 Å². The van der Waals surface area contributed by atoms with Gasteiger partial charge in [0.1, 0.15) is 24.0 Å². The van der Waals surface area contributed by atoms with Gasteiger partial charge in [-0.2, -0.15) is 4.39 Å². The Morgan fingerprint density at radius 3 is 2.46 bits per heavy atom. The van der Waals surface area contributed by atoms with Gasteiger partial charge in [0.25, 0.3) is 5.56 Å². The van der Waals surface area contributed by atoms with Crippen LogP contribution in [-0.2, 0) is 37.1 Å². The van der Waals surface area contributed by atoms with Crippen LogP contribution in [0.15, 0.2) is 40.1 Å². The fraction of sp³-hybridized carbons (Fsp3) is 0.556. The minimum absolute atomic E-state index is 0.0609. The van der Waals surface area contributed by atoms with E-state index in [-0.39, 0.29) is 13.0 Å². The highest BCUT2D eigenvalue weighted by Gasteiger charge is 2.38. The zero-order valence-electron chi connectivity index (χ0n) is 23.5. The average Bonchev–Trinajstić information content (AvgIpc) is 3.30. The number of hydrogen-bond donors (Lipinski definition) is 2. The van der Waals surface area contributed by atoms with Gasteiger partial charge < -0.3 is 29.4 Å². The molecule has 12 nitrogen and oxygen atoms in total. The van der Waals surface area contributed by atoms with Crippen molar-refractivity contribution < 1.29 is 38.0 Å². The highest BCUT2D eigenvalue weighted by Crippen LogP contribution is 2.30. The first-order valence-electron chi connectivity index (χ1n) is 13.0. The van der Waals surface area contributed by atoms with Gasteiger partial charge in [0, 0.05) is 11.4 Å². The molecule has 2 heterocycles. The smallest absolute Gasteiger partial charge is 0.408 e. The second-order valence-corrected chi connectivity index (χ2v) is 11.3. The van der Waals surface area contributed by atoms with Crippen molar-refractivity contribution in [2.45, 2.75) is 84.5 Å². The van der Waals surface area contributed by atoms with Crippen LogP contribution in [-0.4, -0.2) is 56.8 Å². The fourth-order valence-electron chi connectivity index (χ4n) is 4.05. The summed E-state index contributed by atoms with van der Waals surface area (Å²) in [5, 5.41) is 12.8. The molecule has 0 radical (unpaired) electrons. The van der Waals surface area contributed by atoms with Crippen LogP contribution in [0.3, 0.4) is 0 Å². The number of hydrogen-bond acceptors (Lipinski definition) is 9. The fourth-order valence-corrected chi connectivity index (χ4v) is 4.18. The van der Waals surface area contributed by atoms with Crippen molar-refractivity contribution in [3.63, 3.8) is 0 Å². The van der Waals surface area contributed by atoms with Crippen molar-refractivity contribution >= 4 is 23.7 Å². The van der Waals surface area contributed by atoms with Crippen molar-refractivity contribution in [3.05, 3.63) is 67.7 Å². The van der Waals surface area contributed by atoms with Crippen LogP contribution in [0, 0.1) is 11.7 Å². The van der Waals surface area contributed by atoms with Crippen LogP contribution >= 0.6 is 11.6 Å². The summed E-state index contributed by atoms with van der Waals surface area (Å²) in [5.74, 6) is -2.69. The van der Waals surface area contributed by atoms with E-state index in [2.05, 4.69) is 5.32 Å². The van der Waals surface area contributed by atoms with E-state index >= 15 is 0 Å². The molecular formula is C27H35ClFN3O9. The van der Waals surface area contributed by atoms with E-state index in [0.29, 0.717) is 15.8 Å². The third-order valence-corrected chi connectivity index (χ3v) is 6.38. The first-order valence-corrected chi connectivity index (χ1v) is 13.4. The van der Waals surface area contributed by atoms with Crippen LogP contribution in [0.1, 0.15) is 52.8 Å². The molecule has 226 valence electrons. The van der Waals surface area contributed by atoms with Gasteiger partial charge in [-0.05, 0) is 44.4 Å². The summed E-state index contributed by atoms with van der Waals surface area (Å²) in [6.07, 6.45) is -2.66. The molecule has 14 heteroatoms. The monoisotopic (exact) mass is 599 g/mol. The van der Waals surface area contributed by atoms with Gasteiger partial charge in [0.05, 0.1) is 25.5 Å². The van der Waals surface area contributed by atoms with Gasteiger partial charge in [-0.1, -0.05) is 37.6 Å². The molecule has 1 aromatic carbocycles. The van der Waals surface area contributed by atoms with Crippen molar-refractivity contribution in [3.8, 4) is 0 Å². The summed E-state index contributed by atoms with van der Waals surface area (Å²) in [6.45, 7) is 7.07. The third kappa shape index (κ3) is 8.62. The molecule has 1 fully saturated rings. The Morgan fingerprint density at radius 2 is 1.88 bits per heavy atom. The first kappa shape index (κ1) is 32.3. The number of nitrogens with zero attached hydrogens (tertiary/aromatic N) is 2. The van der Waals surface area contributed by atoms with Gasteiger partial charge in [0.2, 0.25) is 5.82 Å². The van der Waals surface area contributed by atoms with Gasteiger partial charge in [-0.15, -0.1) is 0 Å². The number of rotatable bonds is 10. The van der Waals surface area contributed by atoms with E-state index < -0.39 is 78.5 Å². The summed E-state index contributed by atoms with van der Waals surface area (Å²) in [7, 11) is 0. The molecule has 2 N–H and O–H groups in total. The molecule has 1 aromatic heterocycles. The molecule has 0 spiro atoms. The van der Waals surface area contributed by atoms with Crippen LogP contribution < -0.4 is 16.6 Å². The van der Waals surface area contributed by atoms with Crippen LogP contribution in [0.5, 0.6) is 0 Å². The highest BCUT2D eigenvalue weighted by molar-refractivity contribution is 6.30. The van der Waals surface area contributed by atoms with E-state index in [0.717, 1.165) is 10.1 Å². The molecule has 4 atom stereocenters. The molecule has 3 rings (SSSR count). The Bertz CT molecular complexity index is 1340. The summed E-state index contributed by atoms with van der Waals surface area (Å²) < 4.78 is 37.8. The number of carbonyl (C=O) groups is 2. The number of aliphatic hydroxyl groups excluding tert-OH is 1. The normalized spacial score (nSPS) is 19.7. The number of halogens is 2. The van der Waals surface area contributed by atoms with Gasteiger partial charge in [0.15, 0.2) is 6.73 Å². The topological polar surface area (TPSA) is 147 Å². The van der Waals surface area contributed by atoms with Crippen molar-refractivity contribution in [1.82, 2.24) is 14.5 Å². The average molecular weight is 600 g/mol. The lowest BCUT2D eigenvalue weighted by Crippen LogP contribution is -2.48. The predicted octanol–water partition coefficient (Wildman–Crippen LogP) is 2.72. The molecular weight excluding hydrogens is 565 g/mol. The van der Waals surface area contributed by atoms with E-state index in [9.17, 15) is 28.7 Å². The quantitative estimate of drug-likeness (QED) is 0.393. The summed E-state index contributed by atoms with van der Waals surface area (Å²) in [4.78, 5) is 50.6. The Morgan fingerprint density at radius 1 is 1.22 bits per heavy atom. The second kappa shape index (κ2) is 13.6. The van der Waals surface area contributed by atoms with Crippen LogP contribution in [0.4, 0.5) is 9.18 Å². The van der Waals surface area contributed by atoms with E-state index in [4.69, 9.17) is 30.5 Å². The summed E-state index contributed by atoms with van der Waals surface area (Å²) in [6, 6.07) is 5.78. The van der Waals surface area contributed by atoms with Crippen LogP contribution in [0.2, 0.25) is 5.02 Å². The van der Waals surface area contributed by atoms with E-state index in [1.807, 2.05) is 0 Å². The number of benzene rings is 1. The van der Waals surface area contributed by atoms with Crippen LogP contribution in [0.25, 0.3) is 0 Å². The lowest BCUT2D eigenvalue weighted by atomic mass is 10.1. The van der Waals surface area contributed by atoms with Gasteiger partial charge in [-0.25, -0.2) is 19.0 Å². The molecule has 0 saturated carbocycles. The number of aliphatic hydroxyl groups is 1. The van der Waals surface area contributed by atoms with Crippen molar-refractivity contribution in [2.75, 3.05) is 6.61 Å². The number of esters is 1. The van der Waals surface area contributed by atoms with E-state index in [1.165, 1.54) is 0 Å². The molecule has 0 unspecified atom stereocenters. The third-order valence-electron chi connectivity index (χ3n) is 6.13. The zero-order valence-corrected chi connectivity index (χ0v) is 24.2. The predicted molar refractivity (Wildman–Crippen MR) is 145 cm³/mol. The van der Waals surface area contributed by atoms with Crippen molar-refractivity contribution in [2.24, 2.45) is 5.92 Å². The number of ether oxygens (including phenoxy) is 4. The van der Waals surface area contributed by atoms with Gasteiger partial charge in [-0.3, -0.25) is 9.36 Å². The summed E-state index contributed by atoms with van der Waals surface area (Å²) in [5.41, 5.74) is -2.32. The maximum absolute atomic E-state index is 14.6. The molecule has 2 aromatic rings. The number of nitrogens with one attached hydrogen (secondary N) is 1. The Balaban J connectivity index is 1.74. The Kier molecular flexibility index (Phi) is 10.7. The lowest BCUT2D eigenvalue weighted by Gasteiger charge is -2.24. The second-order valence-electron chi connectivity index (χ2n) is 10.9. The highest BCUT2D eigenvalue weighted by atomic mass is 35.5.